The van der Waals surface area contributed by atoms with Crippen molar-refractivity contribution in [1.29, 1.82) is 0 Å². The van der Waals surface area contributed by atoms with Crippen LogP contribution in [0.3, 0.4) is 0 Å². The average Bonchev–Trinajstić information content (AvgIpc) is 3.54. The number of aliphatic hydroxyl groups is 14. The maximum atomic E-state index is 12.6. The van der Waals surface area contributed by atoms with Gasteiger partial charge in [-0.25, -0.2) is 4.39 Å². The molecule has 7 aromatic carbocycles. The highest BCUT2D eigenvalue weighted by Gasteiger charge is 2.18. The second kappa shape index (κ2) is 36.1. The van der Waals surface area contributed by atoms with E-state index in [1.54, 1.807) is 50.2 Å². The second-order valence-corrected chi connectivity index (χ2v) is 17.7. The molecule has 81 heavy (non-hydrogen) atoms. The summed E-state index contributed by atoms with van der Waals surface area (Å²) in [5.41, 5.74) is 9.76. The number of rotatable bonds is 16. The van der Waals surface area contributed by atoms with Gasteiger partial charge >= 0.3 is 0 Å². The molecule has 0 saturated carbocycles. The summed E-state index contributed by atoms with van der Waals surface area (Å²) in [5.74, 6) is -0.750. The van der Waals surface area contributed by atoms with Crippen LogP contribution in [0.15, 0.2) is 97.1 Å². The van der Waals surface area contributed by atoms with Gasteiger partial charge in [0.1, 0.15) is 40.3 Å². The topological polar surface area (TPSA) is 405 Å². The molecule has 20 nitrogen and oxygen atoms in total. The average molecular weight is 1140 g/mol. The monoisotopic (exact) mass is 1130 g/mol. The minimum atomic E-state index is -0.582. The van der Waals surface area contributed by atoms with Gasteiger partial charge in [-0.15, -0.1) is 0 Å². The number of halogens is 1. The Morgan fingerprint density at radius 1 is 0.309 bits per heavy atom. The number of aliphatic hydroxyl groups excluding tert-OH is 14. The summed E-state index contributed by atoms with van der Waals surface area (Å²) in [7, 11) is 0. The molecule has 0 radical (unpaired) electrons. The Hall–Kier alpha value is -7.29. The minimum absolute atomic E-state index is 0.0599. The zero-order chi connectivity index (χ0) is 60.9. The summed E-state index contributed by atoms with van der Waals surface area (Å²) < 4.78 is 12.6. The molecule has 0 bridgehead atoms. The van der Waals surface area contributed by atoms with Crippen LogP contribution in [0.4, 0.5) is 4.39 Å². The molecule has 0 aliphatic rings. The van der Waals surface area contributed by atoms with Gasteiger partial charge in [-0.3, -0.25) is 0 Å². The van der Waals surface area contributed by atoms with Crippen molar-refractivity contribution in [1.82, 2.24) is 0 Å². The van der Waals surface area contributed by atoms with Crippen molar-refractivity contribution in [2.24, 2.45) is 0 Å². The van der Waals surface area contributed by atoms with Crippen LogP contribution in [-0.2, 0) is 98.9 Å². The lowest BCUT2D eigenvalue weighted by Crippen LogP contribution is -2.04. The highest BCUT2D eigenvalue weighted by molar-refractivity contribution is 5.72. The van der Waals surface area contributed by atoms with E-state index >= 15 is 0 Å². The lowest BCUT2D eigenvalue weighted by atomic mass is 9.92. The molecule has 0 aliphatic heterocycles. The summed E-state index contributed by atoms with van der Waals surface area (Å²) in [6.07, 6.45) is 0.687. The van der Waals surface area contributed by atoms with E-state index in [0.29, 0.717) is 84.3 Å². The third kappa shape index (κ3) is 19.7. The molecule has 0 heterocycles. The van der Waals surface area contributed by atoms with Gasteiger partial charge in [-0.05, 0) is 131 Å². The summed E-state index contributed by atoms with van der Waals surface area (Å²) in [6, 6.07) is 25.7. The Labute approximate surface area is 467 Å². The van der Waals surface area contributed by atoms with Crippen LogP contribution in [0.1, 0.15) is 102 Å². The smallest absolute Gasteiger partial charge is 0.128 e. The first kappa shape index (κ1) is 69.8. The lowest BCUT2D eigenvalue weighted by molar-refractivity contribution is 0.256. The van der Waals surface area contributed by atoms with Crippen LogP contribution >= 0.6 is 0 Å². The largest absolute Gasteiger partial charge is 0.508 e. The second-order valence-electron chi connectivity index (χ2n) is 17.7. The van der Waals surface area contributed by atoms with Crippen LogP contribution in [0.25, 0.3) is 11.1 Å². The highest BCUT2D eigenvalue weighted by atomic mass is 19.1. The Bertz CT molecular complexity index is 2830. The molecule has 7 rings (SSSR count). The Morgan fingerprint density at radius 3 is 1.00 bits per heavy atom. The fourth-order valence-electron chi connectivity index (χ4n) is 7.92. The van der Waals surface area contributed by atoms with E-state index in [4.69, 9.17) is 71.5 Å². The maximum absolute atomic E-state index is 12.6. The van der Waals surface area contributed by atoms with Crippen molar-refractivity contribution >= 4 is 0 Å². The fraction of sp³-hybridized carbons (Fsp3) is 0.300. The van der Waals surface area contributed by atoms with E-state index in [0.717, 1.165) is 28.8 Å². The zero-order valence-corrected chi connectivity index (χ0v) is 45.2. The highest BCUT2D eigenvalue weighted by Crippen LogP contribution is 2.35. The van der Waals surface area contributed by atoms with Crippen molar-refractivity contribution < 1.29 is 107 Å². The summed E-state index contributed by atoms with van der Waals surface area (Å²) in [4.78, 5) is 0. The van der Waals surface area contributed by atoms with E-state index in [1.807, 2.05) is 37.3 Å². The fourth-order valence-corrected chi connectivity index (χ4v) is 7.92. The third-order valence-electron chi connectivity index (χ3n) is 12.5. The predicted octanol–water partition coefficient (Wildman–Crippen LogP) is 4.23. The van der Waals surface area contributed by atoms with Gasteiger partial charge in [0.15, 0.2) is 0 Å². The summed E-state index contributed by atoms with van der Waals surface area (Å²) in [5, 5.41) is 182. The van der Waals surface area contributed by atoms with E-state index in [1.165, 1.54) is 18.2 Å². The van der Waals surface area contributed by atoms with E-state index < -0.39 is 19.0 Å². The molecule has 0 spiro atoms. The van der Waals surface area contributed by atoms with E-state index in [9.17, 15) is 35.0 Å². The SMILES string of the molecule is CCc1cc(CO)cc(CO)c1O.Cc1c(CO)c(C)c(CO)c(O)c1CO.OCc1cc(CO)c(O)c(-c2ccccc2)c1.OCc1cc(CO)c(O)c(CO)c1.OCc1cc(F)cc(CO)c1O.OCc1ccc(O)c(CO)c1. The molecule has 0 unspecified atom stereocenters. The number of aromatic hydroxyl groups is 6. The van der Waals surface area contributed by atoms with Gasteiger partial charge < -0.3 is 102 Å². The predicted molar refractivity (Wildman–Crippen MR) is 296 cm³/mol. The molecule has 0 fully saturated rings. The van der Waals surface area contributed by atoms with Gasteiger partial charge in [-0.2, -0.15) is 0 Å². The lowest BCUT2D eigenvalue weighted by Gasteiger charge is -2.17. The Balaban J connectivity index is 0.000000334. The molecule has 0 aliphatic carbocycles. The van der Waals surface area contributed by atoms with Crippen LogP contribution in [0.2, 0.25) is 0 Å². The molecule has 0 aromatic heterocycles. The van der Waals surface area contributed by atoms with Gasteiger partial charge in [0, 0.05) is 55.6 Å². The number of phenols is 6. The molecule has 0 saturated heterocycles. The maximum Gasteiger partial charge on any atom is 0.128 e. The molecule has 0 amide bonds. The zero-order valence-electron chi connectivity index (χ0n) is 45.2. The number of hydrogen-bond donors (Lipinski definition) is 20. The van der Waals surface area contributed by atoms with Crippen LogP contribution < -0.4 is 0 Å². The number of aryl methyl sites for hydroxylation is 1. The summed E-state index contributed by atoms with van der Waals surface area (Å²) in [6.45, 7) is 1.96. The molecular weight excluding hydrogens is 1060 g/mol. The Kier molecular flexibility index (Phi) is 31.2. The minimum Gasteiger partial charge on any atom is -0.508 e. The molecular formula is C60H75FO20. The first-order valence-electron chi connectivity index (χ1n) is 25.0. The quantitative estimate of drug-likeness (QED) is 0.0643. The first-order chi connectivity index (χ1) is 38.7. The van der Waals surface area contributed by atoms with Crippen molar-refractivity contribution in [3.63, 3.8) is 0 Å². The standard InChI is InChI=1S/C14H14O3.C11H16O4.C10H14O3.C9H12O4.C8H9FO3.C8H10O3/c15-8-10-6-12(9-16)14(17)13(7-10)11-4-2-1-3-5-11;1-6-8(3-12)7(2)10(5-14)11(15)9(6)4-13;1-2-8-3-7(5-11)4-9(6-12)10(8)13;10-3-6-1-7(4-11)9(13)8(2-6)5-12;9-7-1-5(3-10)8(12)6(2-7)4-11;9-4-6-1-2-8(11)7(3-6)5-10/h1-7,15-17H,8-9H2;12-15H,3-5H2,1-2H3;3-4,11-13H,2,5-6H2,1H3;1-2,10-13H,3-5H2;1-2,10-12H,3-4H2;1-3,9-11H,4-5H2. The van der Waals surface area contributed by atoms with E-state index in [2.05, 4.69) is 0 Å². The van der Waals surface area contributed by atoms with Crippen molar-refractivity contribution in [3.05, 3.63) is 197 Å². The number of hydrogen-bond acceptors (Lipinski definition) is 20. The molecule has 0 atom stereocenters. The Morgan fingerprint density at radius 2 is 0.642 bits per heavy atom. The molecule has 21 heteroatoms. The van der Waals surface area contributed by atoms with E-state index in [-0.39, 0.29) is 125 Å². The van der Waals surface area contributed by atoms with Gasteiger partial charge in [-0.1, -0.05) is 43.3 Å². The van der Waals surface area contributed by atoms with Crippen molar-refractivity contribution in [3.8, 4) is 45.6 Å². The first-order valence-corrected chi connectivity index (χ1v) is 25.0. The molecule has 7 aromatic rings. The van der Waals surface area contributed by atoms with Crippen LogP contribution in [-0.4, -0.2) is 102 Å². The van der Waals surface area contributed by atoms with Gasteiger partial charge in [0.25, 0.3) is 0 Å². The normalized spacial score (nSPS) is 10.4. The van der Waals surface area contributed by atoms with Crippen LogP contribution in [0, 0.1) is 19.7 Å². The van der Waals surface area contributed by atoms with Gasteiger partial charge in [0.05, 0.1) is 92.5 Å². The van der Waals surface area contributed by atoms with Crippen molar-refractivity contribution in [2.75, 3.05) is 0 Å². The number of benzene rings is 7. The summed E-state index contributed by atoms with van der Waals surface area (Å²) >= 11 is 0. The van der Waals surface area contributed by atoms with Gasteiger partial charge in [0.2, 0.25) is 0 Å². The molecule has 442 valence electrons. The third-order valence-corrected chi connectivity index (χ3v) is 12.5. The van der Waals surface area contributed by atoms with Crippen LogP contribution in [0.5, 0.6) is 34.5 Å². The van der Waals surface area contributed by atoms with Crippen molar-refractivity contribution in [2.45, 2.75) is 120 Å². The molecule has 20 N–H and O–H groups in total.